The first-order valence-electron chi connectivity index (χ1n) is 3.70. The number of halogens is 1. The molecular weight excluding hydrogens is 208 g/mol. The Morgan fingerprint density at radius 2 is 2.38 bits per heavy atom. The van der Waals surface area contributed by atoms with E-state index >= 15 is 0 Å². The SMILES string of the molecule is CC1Sc2ncccc2NC1=O.Cl. The number of anilines is 1. The second-order valence-corrected chi connectivity index (χ2v) is 3.93. The van der Waals surface area contributed by atoms with Crippen molar-refractivity contribution in [2.45, 2.75) is 17.2 Å². The van der Waals surface area contributed by atoms with Crippen molar-refractivity contribution in [3.63, 3.8) is 0 Å². The standard InChI is InChI=1S/C8H8N2OS.ClH/c1-5-7(11)10-6-3-2-4-9-8(6)12-5;/h2-5H,1H3,(H,10,11);1H. The van der Waals surface area contributed by atoms with Gasteiger partial charge in [-0.1, -0.05) is 11.8 Å². The van der Waals surface area contributed by atoms with Gasteiger partial charge >= 0.3 is 0 Å². The molecule has 1 atom stereocenters. The van der Waals surface area contributed by atoms with E-state index in [1.54, 1.807) is 6.20 Å². The van der Waals surface area contributed by atoms with E-state index < -0.39 is 0 Å². The molecule has 5 heteroatoms. The van der Waals surface area contributed by atoms with Gasteiger partial charge in [0.15, 0.2) is 0 Å². The number of amides is 1. The summed E-state index contributed by atoms with van der Waals surface area (Å²) in [6, 6.07) is 3.68. The van der Waals surface area contributed by atoms with Crippen molar-refractivity contribution in [1.82, 2.24) is 4.98 Å². The van der Waals surface area contributed by atoms with E-state index in [0.29, 0.717) is 0 Å². The molecule has 1 N–H and O–H groups in total. The molecule has 2 rings (SSSR count). The Bertz CT molecular complexity index is 332. The minimum absolute atomic E-state index is 0. The van der Waals surface area contributed by atoms with Gasteiger partial charge in [-0.2, -0.15) is 0 Å². The van der Waals surface area contributed by atoms with E-state index in [0.717, 1.165) is 10.7 Å². The van der Waals surface area contributed by atoms with Crippen LogP contribution in [0.1, 0.15) is 6.92 Å². The predicted molar refractivity (Wildman–Crippen MR) is 55.4 cm³/mol. The molecule has 0 fully saturated rings. The second-order valence-electron chi connectivity index (χ2n) is 2.61. The van der Waals surface area contributed by atoms with E-state index in [-0.39, 0.29) is 23.6 Å². The minimum atomic E-state index is -0.0348. The number of carbonyl (C=O) groups is 1. The van der Waals surface area contributed by atoms with Crippen LogP contribution in [0, 0.1) is 0 Å². The zero-order chi connectivity index (χ0) is 8.55. The molecule has 0 saturated carbocycles. The van der Waals surface area contributed by atoms with Gasteiger partial charge in [-0.25, -0.2) is 4.98 Å². The number of hydrogen-bond donors (Lipinski definition) is 1. The average Bonchev–Trinajstić information content (AvgIpc) is 2.07. The van der Waals surface area contributed by atoms with Gasteiger partial charge in [-0.05, 0) is 19.1 Å². The highest BCUT2D eigenvalue weighted by Gasteiger charge is 2.22. The number of nitrogens with one attached hydrogen (secondary N) is 1. The highest BCUT2D eigenvalue weighted by molar-refractivity contribution is 8.00. The van der Waals surface area contributed by atoms with Gasteiger partial charge in [0, 0.05) is 6.20 Å². The number of carbonyl (C=O) groups excluding carboxylic acids is 1. The van der Waals surface area contributed by atoms with E-state index in [4.69, 9.17) is 0 Å². The van der Waals surface area contributed by atoms with Crippen LogP contribution in [-0.2, 0) is 4.79 Å². The number of rotatable bonds is 0. The first kappa shape index (κ1) is 10.3. The monoisotopic (exact) mass is 216 g/mol. The van der Waals surface area contributed by atoms with Crippen LogP contribution in [0.25, 0.3) is 0 Å². The molecule has 1 aromatic heterocycles. The molecule has 70 valence electrons. The molecule has 0 radical (unpaired) electrons. The number of hydrogen-bond acceptors (Lipinski definition) is 3. The highest BCUT2D eigenvalue weighted by atomic mass is 35.5. The minimum Gasteiger partial charge on any atom is -0.323 e. The zero-order valence-electron chi connectivity index (χ0n) is 6.98. The van der Waals surface area contributed by atoms with Gasteiger partial charge in [0.2, 0.25) is 5.91 Å². The van der Waals surface area contributed by atoms with Crippen LogP contribution in [0.4, 0.5) is 5.69 Å². The number of thioether (sulfide) groups is 1. The van der Waals surface area contributed by atoms with E-state index in [1.807, 2.05) is 19.1 Å². The summed E-state index contributed by atoms with van der Waals surface area (Å²) in [5.74, 6) is 0.0560. The largest absolute Gasteiger partial charge is 0.323 e. The Kier molecular flexibility index (Phi) is 3.17. The maximum absolute atomic E-state index is 11.2. The van der Waals surface area contributed by atoms with E-state index in [1.165, 1.54) is 11.8 Å². The summed E-state index contributed by atoms with van der Waals surface area (Å²) < 4.78 is 0. The first-order valence-corrected chi connectivity index (χ1v) is 4.58. The quantitative estimate of drug-likeness (QED) is 0.721. The number of fused-ring (bicyclic) bond motifs is 1. The lowest BCUT2D eigenvalue weighted by Crippen LogP contribution is -2.26. The van der Waals surface area contributed by atoms with Crippen LogP contribution in [0.15, 0.2) is 23.4 Å². The van der Waals surface area contributed by atoms with Crippen molar-refractivity contribution in [3.05, 3.63) is 18.3 Å². The third kappa shape index (κ3) is 1.95. The molecule has 2 heterocycles. The molecule has 1 unspecified atom stereocenters. The molecule has 13 heavy (non-hydrogen) atoms. The lowest BCUT2D eigenvalue weighted by atomic mass is 10.3. The van der Waals surface area contributed by atoms with Crippen LogP contribution in [0.5, 0.6) is 0 Å². The summed E-state index contributed by atoms with van der Waals surface area (Å²) in [6.45, 7) is 1.87. The third-order valence-corrected chi connectivity index (χ3v) is 2.80. The third-order valence-electron chi connectivity index (χ3n) is 1.69. The number of nitrogens with zero attached hydrogens (tertiary/aromatic N) is 1. The lowest BCUT2D eigenvalue weighted by Gasteiger charge is -2.19. The molecule has 1 amide bonds. The van der Waals surface area contributed by atoms with Gasteiger partial charge in [-0.3, -0.25) is 4.79 Å². The summed E-state index contributed by atoms with van der Waals surface area (Å²) in [6.07, 6.45) is 1.73. The van der Waals surface area contributed by atoms with Gasteiger partial charge < -0.3 is 5.32 Å². The molecule has 0 spiro atoms. The summed E-state index contributed by atoms with van der Waals surface area (Å²) in [4.78, 5) is 15.3. The van der Waals surface area contributed by atoms with E-state index in [9.17, 15) is 4.79 Å². The second kappa shape index (κ2) is 3.98. The number of aromatic nitrogens is 1. The van der Waals surface area contributed by atoms with Crippen molar-refractivity contribution in [1.29, 1.82) is 0 Å². The summed E-state index contributed by atoms with van der Waals surface area (Å²) in [5.41, 5.74) is 0.825. The van der Waals surface area contributed by atoms with Gasteiger partial charge in [-0.15, -0.1) is 12.4 Å². The van der Waals surface area contributed by atoms with Crippen molar-refractivity contribution in [3.8, 4) is 0 Å². The maximum Gasteiger partial charge on any atom is 0.237 e. The molecule has 0 aromatic carbocycles. The maximum atomic E-state index is 11.2. The molecule has 0 aliphatic carbocycles. The molecule has 0 bridgehead atoms. The van der Waals surface area contributed by atoms with Gasteiger partial charge in [0.05, 0.1) is 10.9 Å². The Morgan fingerprint density at radius 3 is 3.15 bits per heavy atom. The fraction of sp³-hybridized carbons (Fsp3) is 0.250. The van der Waals surface area contributed by atoms with Crippen molar-refractivity contribution in [2.24, 2.45) is 0 Å². The molecule has 3 nitrogen and oxygen atoms in total. The van der Waals surface area contributed by atoms with Crippen LogP contribution in [0.3, 0.4) is 0 Å². The van der Waals surface area contributed by atoms with Crippen molar-refractivity contribution < 1.29 is 4.79 Å². The Balaban J connectivity index is 0.000000845. The van der Waals surface area contributed by atoms with E-state index in [2.05, 4.69) is 10.3 Å². The number of pyridine rings is 1. The Labute approximate surface area is 86.7 Å². The lowest BCUT2D eigenvalue weighted by molar-refractivity contribution is -0.115. The highest BCUT2D eigenvalue weighted by Crippen LogP contribution is 2.32. The fourth-order valence-electron chi connectivity index (χ4n) is 1.04. The summed E-state index contributed by atoms with van der Waals surface area (Å²) >= 11 is 1.50. The fourth-order valence-corrected chi connectivity index (χ4v) is 1.90. The van der Waals surface area contributed by atoms with Crippen LogP contribution in [-0.4, -0.2) is 16.1 Å². The molecule has 1 aromatic rings. The molecule has 1 aliphatic heterocycles. The smallest absolute Gasteiger partial charge is 0.237 e. The summed E-state index contributed by atoms with van der Waals surface area (Å²) in [5, 5.41) is 3.66. The van der Waals surface area contributed by atoms with Crippen LogP contribution < -0.4 is 5.32 Å². The van der Waals surface area contributed by atoms with Crippen molar-refractivity contribution in [2.75, 3.05) is 5.32 Å². The molecule has 0 saturated heterocycles. The van der Waals surface area contributed by atoms with Crippen LogP contribution >= 0.6 is 24.2 Å². The normalized spacial score (nSPS) is 19.8. The summed E-state index contributed by atoms with van der Waals surface area (Å²) in [7, 11) is 0. The Hall–Kier alpha value is -0.740. The Morgan fingerprint density at radius 1 is 1.62 bits per heavy atom. The molecular formula is C8H9ClN2OS. The average molecular weight is 217 g/mol. The molecule has 1 aliphatic rings. The topological polar surface area (TPSA) is 42.0 Å². The first-order chi connectivity index (χ1) is 5.77. The van der Waals surface area contributed by atoms with Crippen LogP contribution in [0.2, 0.25) is 0 Å². The van der Waals surface area contributed by atoms with Crippen molar-refractivity contribution >= 4 is 35.8 Å². The van der Waals surface area contributed by atoms with Gasteiger partial charge in [0.25, 0.3) is 0 Å². The van der Waals surface area contributed by atoms with Gasteiger partial charge in [0.1, 0.15) is 5.03 Å². The zero-order valence-corrected chi connectivity index (χ0v) is 8.61. The predicted octanol–water partition coefficient (Wildman–Crippen LogP) is 1.94.